The largest absolute Gasteiger partial charge is 0.381 e. The van der Waals surface area contributed by atoms with E-state index in [-0.39, 0.29) is 24.6 Å². The predicted molar refractivity (Wildman–Crippen MR) is 135 cm³/mol. The van der Waals surface area contributed by atoms with Crippen LogP contribution in [0.5, 0.6) is 0 Å². The van der Waals surface area contributed by atoms with Crippen LogP contribution in [-0.4, -0.2) is 61.9 Å². The molecule has 0 atom stereocenters. The van der Waals surface area contributed by atoms with Crippen LogP contribution in [0.25, 0.3) is 27.7 Å². The first kappa shape index (κ1) is 22.9. The number of carbonyl (C=O) groups is 1. The average molecular weight is 492 g/mol. The molecule has 0 spiro atoms. The number of aromatic amines is 1. The van der Waals surface area contributed by atoms with Crippen molar-refractivity contribution >= 4 is 28.4 Å². The van der Waals surface area contributed by atoms with Crippen LogP contribution in [-0.2, 0) is 4.74 Å². The van der Waals surface area contributed by atoms with Gasteiger partial charge in [0.2, 0.25) is 5.95 Å². The number of ether oxygens (including phenoxy) is 1. The molecule has 36 heavy (non-hydrogen) atoms. The Morgan fingerprint density at radius 3 is 2.86 bits per heavy atom. The van der Waals surface area contributed by atoms with Crippen LogP contribution < -0.4 is 10.6 Å². The molecule has 3 N–H and O–H groups in total. The lowest BCUT2D eigenvalue weighted by Crippen LogP contribution is -2.39. The molecule has 0 unspecified atom stereocenters. The highest BCUT2D eigenvalue weighted by Crippen LogP contribution is 2.36. The van der Waals surface area contributed by atoms with Gasteiger partial charge >= 0.3 is 0 Å². The van der Waals surface area contributed by atoms with Gasteiger partial charge in [-0.25, -0.2) is 13.9 Å². The van der Waals surface area contributed by atoms with E-state index >= 15 is 0 Å². The number of aromatic nitrogens is 5. The molecule has 2 fully saturated rings. The number of halogens is 1. The molecule has 1 amide bonds. The van der Waals surface area contributed by atoms with Crippen molar-refractivity contribution < 1.29 is 13.9 Å². The SMILES string of the molecule is CO[C@H]1CC[C@H](NC(=O)c2cnn3ccc(-c4c[nH]c5nc(NCC6(F)CCC6)ncc45)cc23)CC1. The first-order chi connectivity index (χ1) is 17.5. The Hall–Kier alpha value is -3.53. The predicted octanol–water partition coefficient (Wildman–Crippen LogP) is 4.26. The number of fused-ring (bicyclic) bond motifs is 2. The molecule has 0 bridgehead atoms. The van der Waals surface area contributed by atoms with Crippen LogP contribution >= 0.6 is 0 Å². The van der Waals surface area contributed by atoms with Gasteiger partial charge in [-0.15, -0.1) is 0 Å². The summed E-state index contributed by atoms with van der Waals surface area (Å²) in [7, 11) is 1.74. The summed E-state index contributed by atoms with van der Waals surface area (Å²) in [5.74, 6) is 0.294. The Kier molecular flexibility index (Phi) is 5.83. The van der Waals surface area contributed by atoms with Gasteiger partial charge in [-0.3, -0.25) is 4.79 Å². The second kappa shape index (κ2) is 9.16. The molecule has 2 saturated carbocycles. The molecular formula is C26H30FN7O2. The quantitative estimate of drug-likeness (QED) is 0.356. The highest BCUT2D eigenvalue weighted by atomic mass is 19.1. The molecule has 9 nitrogen and oxygen atoms in total. The van der Waals surface area contributed by atoms with Crippen LogP contribution in [0, 0.1) is 0 Å². The smallest absolute Gasteiger partial charge is 0.255 e. The molecule has 4 heterocycles. The van der Waals surface area contributed by atoms with Gasteiger partial charge < -0.3 is 20.4 Å². The normalized spacial score (nSPS) is 21.4. The van der Waals surface area contributed by atoms with Gasteiger partial charge in [-0.05, 0) is 62.6 Å². The van der Waals surface area contributed by atoms with E-state index in [1.165, 1.54) is 0 Å². The fourth-order valence-electron chi connectivity index (χ4n) is 5.24. The number of nitrogens with one attached hydrogen (secondary N) is 3. The lowest BCUT2D eigenvalue weighted by atomic mass is 9.82. The van der Waals surface area contributed by atoms with Gasteiger partial charge in [0, 0.05) is 42.7 Å². The summed E-state index contributed by atoms with van der Waals surface area (Å²) in [6.07, 6.45) is 13.2. The third kappa shape index (κ3) is 4.30. The van der Waals surface area contributed by atoms with Crippen LogP contribution in [0.15, 0.2) is 36.9 Å². The summed E-state index contributed by atoms with van der Waals surface area (Å²) in [5, 5.41) is 11.4. The molecular weight excluding hydrogens is 461 g/mol. The Balaban J connectivity index is 1.22. The molecule has 2 aliphatic carbocycles. The van der Waals surface area contributed by atoms with Crippen LogP contribution in [0.1, 0.15) is 55.3 Å². The fourth-order valence-corrected chi connectivity index (χ4v) is 5.24. The molecule has 4 aromatic heterocycles. The maximum absolute atomic E-state index is 14.3. The van der Waals surface area contributed by atoms with Gasteiger partial charge in [-0.2, -0.15) is 10.1 Å². The average Bonchev–Trinajstić information content (AvgIpc) is 3.50. The Morgan fingerprint density at radius 1 is 1.28 bits per heavy atom. The molecule has 0 aromatic carbocycles. The number of hydrogen-bond acceptors (Lipinski definition) is 6. The van der Waals surface area contributed by atoms with E-state index in [4.69, 9.17) is 4.74 Å². The van der Waals surface area contributed by atoms with Crippen molar-refractivity contribution in [3.05, 3.63) is 42.5 Å². The summed E-state index contributed by atoms with van der Waals surface area (Å²) < 4.78 is 21.5. The van der Waals surface area contributed by atoms with Gasteiger partial charge in [0.25, 0.3) is 5.91 Å². The lowest BCUT2D eigenvalue weighted by molar-refractivity contribution is 0.0599. The summed E-state index contributed by atoms with van der Waals surface area (Å²) in [6.45, 7) is 0.225. The van der Waals surface area contributed by atoms with Crippen LogP contribution in [0.3, 0.4) is 0 Å². The van der Waals surface area contributed by atoms with E-state index in [0.29, 0.717) is 30.0 Å². The van der Waals surface area contributed by atoms with Crippen LogP contribution in [0.4, 0.5) is 10.3 Å². The Morgan fingerprint density at radius 2 is 2.11 bits per heavy atom. The first-order valence-electron chi connectivity index (χ1n) is 12.6. The third-order valence-corrected chi connectivity index (χ3v) is 7.67. The Bertz CT molecular complexity index is 1400. The molecule has 0 radical (unpaired) electrons. The Labute approximate surface area is 207 Å². The number of methoxy groups -OCH3 is 1. The molecule has 6 rings (SSSR count). The highest BCUT2D eigenvalue weighted by molar-refractivity contribution is 6.02. The number of H-pyrrole nitrogens is 1. The van der Waals surface area contributed by atoms with E-state index in [0.717, 1.165) is 54.1 Å². The van der Waals surface area contributed by atoms with Crippen molar-refractivity contribution in [2.75, 3.05) is 19.0 Å². The number of alkyl halides is 1. The van der Waals surface area contributed by atoms with Crippen molar-refractivity contribution in [2.24, 2.45) is 0 Å². The number of carbonyl (C=O) groups excluding carboxylic acids is 1. The summed E-state index contributed by atoms with van der Waals surface area (Å²) in [5.41, 5.74) is 2.65. The number of pyridine rings is 1. The zero-order valence-electron chi connectivity index (χ0n) is 20.3. The lowest BCUT2D eigenvalue weighted by Gasteiger charge is -2.33. The summed E-state index contributed by atoms with van der Waals surface area (Å²) in [6, 6.07) is 4.06. The van der Waals surface area contributed by atoms with Gasteiger partial charge in [-0.1, -0.05) is 0 Å². The van der Waals surface area contributed by atoms with E-state index in [1.54, 1.807) is 24.0 Å². The minimum atomic E-state index is -1.15. The first-order valence-corrected chi connectivity index (χ1v) is 12.6. The summed E-state index contributed by atoms with van der Waals surface area (Å²) in [4.78, 5) is 25.2. The maximum Gasteiger partial charge on any atom is 0.255 e. The highest BCUT2D eigenvalue weighted by Gasteiger charge is 2.36. The van der Waals surface area contributed by atoms with E-state index < -0.39 is 5.67 Å². The van der Waals surface area contributed by atoms with Crippen molar-refractivity contribution in [1.29, 1.82) is 0 Å². The fraction of sp³-hybridized carbons (Fsp3) is 0.462. The van der Waals surface area contributed by atoms with Crippen molar-refractivity contribution in [3.63, 3.8) is 0 Å². The molecule has 4 aromatic rings. The van der Waals surface area contributed by atoms with Gasteiger partial charge in [0.15, 0.2) is 0 Å². The van der Waals surface area contributed by atoms with Crippen LogP contribution in [0.2, 0.25) is 0 Å². The second-order valence-electron chi connectivity index (χ2n) is 10.0. The van der Waals surface area contributed by atoms with Crippen molar-refractivity contribution in [1.82, 2.24) is 29.9 Å². The van der Waals surface area contributed by atoms with Crippen molar-refractivity contribution in [2.45, 2.75) is 62.8 Å². The van der Waals surface area contributed by atoms with Gasteiger partial charge in [0.05, 0.1) is 29.9 Å². The number of anilines is 1. The maximum atomic E-state index is 14.3. The van der Waals surface area contributed by atoms with Crippen molar-refractivity contribution in [3.8, 4) is 11.1 Å². The molecule has 188 valence electrons. The number of rotatable bonds is 7. The monoisotopic (exact) mass is 491 g/mol. The zero-order chi connectivity index (χ0) is 24.7. The minimum absolute atomic E-state index is 0.113. The van der Waals surface area contributed by atoms with E-state index in [9.17, 15) is 9.18 Å². The third-order valence-electron chi connectivity index (χ3n) is 7.67. The molecule has 0 saturated heterocycles. The number of hydrogen-bond donors (Lipinski definition) is 3. The number of amides is 1. The minimum Gasteiger partial charge on any atom is -0.381 e. The molecule has 2 aliphatic rings. The summed E-state index contributed by atoms with van der Waals surface area (Å²) >= 11 is 0. The second-order valence-corrected chi connectivity index (χ2v) is 10.0. The standard InChI is InChI=1S/C26H30FN7O2/c1-36-18-5-3-17(4-6-18)32-24(35)21-14-31-34-10-7-16(11-22(21)34)19-12-28-23-20(19)13-29-25(33-23)30-15-26(27)8-2-9-26/h7,10-14,17-18H,2-6,8-9,15H2,1H3,(H,32,35)(H2,28,29,30,33)/t17-,18-. The molecule has 0 aliphatic heterocycles. The number of nitrogens with zero attached hydrogens (tertiary/aromatic N) is 4. The topological polar surface area (TPSA) is 109 Å². The molecule has 10 heteroatoms. The van der Waals surface area contributed by atoms with E-state index in [2.05, 4.69) is 30.7 Å². The van der Waals surface area contributed by atoms with E-state index in [1.807, 2.05) is 24.5 Å². The van der Waals surface area contributed by atoms with Gasteiger partial charge in [0.1, 0.15) is 11.3 Å². The zero-order valence-corrected chi connectivity index (χ0v) is 20.3.